The second kappa shape index (κ2) is 5.12. The van der Waals surface area contributed by atoms with Gasteiger partial charge in [-0.1, -0.05) is 33.6 Å². The van der Waals surface area contributed by atoms with Crippen LogP contribution in [-0.2, 0) is 4.79 Å². The molecule has 1 unspecified atom stereocenters. The van der Waals surface area contributed by atoms with Crippen LogP contribution in [0.15, 0.2) is 40.9 Å². The number of aliphatic carboxylic acids is 1. The minimum atomic E-state index is -0.809. The molecule has 1 N–H and O–H groups in total. The third-order valence-corrected chi connectivity index (χ3v) is 2.59. The molecule has 0 amide bonds. The summed E-state index contributed by atoms with van der Waals surface area (Å²) in [6.07, 6.45) is 0.478. The molecule has 1 atom stereocenters. The van der Waals surface area contributed by atoms with Crippen molar-refractivity contribution in [3.63, 3.8) is 0 Å². The molecule has 0 spiro atoms. The number of carboxylic acid groups (broad SMARTS) is 1. The highest BCUT2D eigenvalue weighted by Crippen LogP contribution is 2.25. The van der Waals surface area contributed by atoms with Crippen molar-refractivity contribution < 1.29 is 9.90 Å². The van der Waals surface area contributed by atoms with Crippen molar-refractivity contribution in [2.45, 2.75) is 19.3 Å². The maximum Gasteiger partial charge on any atom is 0.311 e. The molecule has 0 aliphatic carbocycles. The van der Waals surface area contributed by atoms with Crippen LogP contribution in [0.1, 0.15) is 24.8 Å². The first-order valence-electron chi connectivity index (χ1n) is 4.63. The van der Waals surface area contributed by atoms with Gasteiger partial charge in [0.05, 0.1) is 5.92 Å². The molecule has 80 valence electrons. The maximum absolute atomic E-state index is 11.1. The molecule has 2 nitrogen and oxygen atoms in total. The van der Waals surface area contributed by atoms with E-state index in [-0.39, 0.29) is 0 Å². The van der Waals surface area contributed by atoms with Crippen LogP contribution in [0.3, 0.4) is 0 Å². The molecule has 0 saturated carbocycles. The zero-order valence-corrected chi connectivity index (χ0v) is 10.1. The lowest BCUT2D eigenvalue weighted by atomic mass is 9.93. The molecule has 0 fully saturated rings. The van der Waals surface area contributed by atoms with Gasteiger partial charge >= 0.3 is 5.97 Å². The quantitative estimate of drug-likeness (QED) is 0.848. The van der Waals surface area contributed by atoms with Gasteiger partial charge in [0.2, 0.25) is 0 Å². The van der Waals surface area contributed by atoms with E-state index < -0.39 is 11.9 Å². The Balaban J connectivity index is 2.98. The lowest BCUT2D eigenvalue weighted by molar-refractivity contribution is -0.138. The SMILES string of the molecule is C=C(C)CC(C(=O)O)c1cccc(Br)c1. The minimum Gasteiger partial charge on any atom is -0.481 e. The Bertz CT molecular complexity index is 385. The van der Waals surface area contributed by atoms with Gasteiger partial charge in [0, 0.05) is 4.47 Å². The van der Waals surface area contributed by atoms with Crippen molar-refractivity contribution >= 4 is 21.9 Å². The standard InChI is InChI=1S/C12H13BrO2/c1-8(2)6-11(12(14)15)9-4-3-5-10(13)7-9/h3-5,7,11H,1,6H2,2H3,(H,14,15). The Hall–Kier alpha value is -1.09. The van der Waals surface area contributed by atoms with Crippen LogP contribution in [-0.4, -0.2) is 11.1 Å². The zero-order chi connectivity index (χ0) is 11.4. The fourth-order valence-electron chi connectivity index (χ4n) is 1.42. The highest BCUT2D eigenvalue weighted by molar-refractivity contribution is 9.10. The van der Waals surface area contributed by atoms with Crippen LogP contribution in [0.2, 0.25) is 0 Å². The van der Waals surface area contributed by atoms with Crippen LogP contribution in [0.4, 0.5) is 0 Å². The monoisotopic (exact) mass is 268 g/mol. The predicted molar refractivity (Wildman–Crippen MR) is 63.9 cm³/mol. The fraction of sp³-hybridized carbons (Fsp3) is 0.250. The van der Waals surface area contributed by atoms with Crippen molar-refractivity contribution in [2.24, 2.45) is 0 Å². The van der Waals surface area contributed by atoms with Gasteiger partial charge in [-0.2, -0.15) is 0 Å². The molecule has 0 saturated heterocycles. The van der Waals surface area contributed by atoms with Gasteiger partial charge in [0.25, 0.3) is 0 Å². The van der Waals surface area contributed by atoms with Gasteiger partial charge in [0.15, 0.2) is 0 Å². The van der Waals surface area contributed by atoms with Crippen LogP contribution >= 0.6 is 15.9 Å². The van der Waals surface area contributed by atoms with E-state index in [0.717, 1.165) is 15.6 Å². The first kappa shape index (κ1) is 12.0. The van der Waals surface area contributed by atoms with Gasteiger partial charge in [-0.3, -0.25) is 4.79 Å². The minimum absolute atomic E-state index is 0.478. The second-order valence-corrected chi connectivity index (χ2v) is 4.52. The first-order chi connectivity index (χ1) is 7.00. The van der Waals surface area contributed by atoms with Gasteiger partial charge in [0.1, 0.15) is 0 Å². The van der Waals surface area contributed by atoms with E-state index in [0.29, 0.717) is 6.42 Å². The molecule has 1 aromatic carbocycles. The molecule has 0 bridgehead atoms. The van der Waals surface area contributed by atoms with E-state index in [1.165, 1.54) is 0 Å². The molecular formula is C12H13BrO2. The number of hydrogen-bond donors (Lipinski definition) is 1. The van der Waals surface area contributed by atoms with Crippen molar-refractivity contribution in [3.05, 3.63) is 46.5 Å². The Kier molecular flexibility index (Phi) is 4.09. The van der Waals surface area contributed by atoms with Crippen LogP contribution in [0.5, 0.6) is 0 Å². The van der Waals surface area contributed by atoms with Gasteiger partial charge in [-0.25, -0.2) is 0 Å². The third-order valence-electron chi connectivity index (χ3n) is 2.10. The summed E-state index contributed by atoms with van der Waals surface area (Å²) in [7, 11) is 0. The average molecular weight is 269 g/mol. The Morgan fingerprint density at radius 3 is 2.73 bits per heavy atom. The molecule has 1 aromatic rings. The van der Waals surface area contributed by atoms with E-state index in [1.54, 1.807) is 0 Å². The molecule has 1 rings (SSSR count). The maximum atomic E-state index is 11.1. The van der Waals surface area contributed by atoms with Crippen molar-refractivity contribution in [3.8, 4) is 0 Å². The van der Waals surface area contributed by atoms with Gasteiger partial charge in [-0.15, -0.1) is 6.58 Å². The number of hydrogen-bond acceptors (Lipinski definition) is 1. The molecule has 0 radical (unpaired) electrons. The molecule has 0 aliphatic heterocycles. The first-order valence-corrected chi connectivity index (χ1v) is 5.42. The third kappa shape index (κ3) is 3.51. The van der Waals surface area contributed by atoms with E-state index in [4.69, 9.17) is 5.11 Å². The van der Waals surface area contributed by atoms with E-state index in [2.05, 4.69) is 22.5 Å². The average Bonchev–Trinajstić information content (AvgIpc) is 2.13. The summed E-state index contributed by atoms with van der Waals surface area (Å²) in [4.78, 5) is 11.1. The molecule has 0 heterocycles. The Morgan fingerprint density at radius 2 is 2.27 bits per heavy atom. The van der Waals surface area contributed by atoms with E-state index >= 15 is 0 Å². The smallest absolute Gasteiger partial charge is 0.311 e. The number of allylic oxidation sites excluding steroid dienone is 1. The summed E-state index contributed by atoms with van der Waals surface area (Å²) in [6, 6.07) is 7.38. The van der Waals surface area contributed by atoms with E-state index in [1.807, 2.05) is 31.2 Å². The van der Waals surface area contributed by atoms with Crippen molar-refractivity contribution in [1.82, 2.24) is 0 Å². The Morgan fingerprint density at radius 1 is 1.60 bits per heavy atom. The summed E-state index contributed by atoms with van der Waals surface area (Å²) in [6.45, 7) is 5.59. The molecule has 0 aromatic heterocycles. The summed E-state index contributed by atoms with van der Waals surface area (Å²) in [5.74, 6) is -1.31. The fourth-order valence-corrected chi connectivity index (χ4v) is 1.84. The summed E-state index contributed by atoms with van der Waals surface area (Å²) in [5.41, 5.74) is 1.68. The van der Waals surface area contributed by atoms with Crippen molar-refractivity contribution in [2.75, 3.05) is 0 Å². The molecular weight excluding hydrogens is 256 g/mol. The van der Waals surface area contributed by atoms with Gasteiger partial charge < -0.3 is 5.11 Å². The number of benzene rings is 1. The number of rotatable bonds is 4. The lowest BCUT2D eigenvalue weighted by Crippen LogP contribution is -2.11. The van der Waals surface area contributed by atoms with Gasteiger partial charge in [-0.05, 0) is 31.0 Å². The summed E-state index contributed by atoms with van der Waals surface area (Å²) in [5, 5.41) is 9.11. The summed E-state index contributed by atoms with van der Waals surface area (Å²) >= 11 is 3.33. The molecule has 3 heteroatoms. The number of halogens is 1. The number of carboxylic acids is 1. The highest BCUT2D eigenvalue weighted by atomic mass is 79.9. The predicted octanol–water partition coefficient (Wildman–Crippen LogP) is 3.58. The summed E-state index contributed by atoms with van der Waals surface area (Å²) < 4.78 is 0.896. The molecule has 0 aliphatic rings. The van der Waals surface area contributed by atoms with Crippen LogP contribution in [0.25, 0.3) is 0 Å². The number of carbonyl (C=O) groups is 1. The highest BCUT2D eigenvalue weighted by Gasteiger charge is 2.19. The largest absolute Gasteiger partial charge is 0.481 e. The molecule has 15 heavy (non-hydrogen) atoms. The topological polar surface area (TPSA) is 37.3 Å². The Labute approximate surface area is 97.8 Å². The van der Waals surface area contributed by atoms with E-state index in [9.17, 15) is 4.79 Å². The van der Waals surface area contributed by atoms with Crippen LogP contribution in [0, 0.1) is 0 Å². The normalized spacial score (nSPS) is 12.1. The van der Waals surface area contributed by atoms with Crippen molar-refractivity contribution in [1.29, 1.82) is 0 Å². The second-order valence-electron chi connectivity index (χ2n) is 3.61. The zero-order valence-electron chi connectivity index (χ0n) is 8.53. The lowest BCUT2D eigenvalue weighted by Gasteiger charge is -2.12. The van der Waals surface area contributed by atoms with Crippen LogP contribution < -0.4 is 0 Å².